The lowest BCUT2D eigenvalue weighted by Gasteiger charge is -2.20. The number of aromatic amines is 2. The van der Waals surface area contributed by atoms with Gasteiger partial charge in [-0.3, -0.25) is 4.79 Å². The molecule has 3 N–H and O–H groups in total. The third kappa shape index (κ3) is 2.29. The molecule has 1 fully saturated rings. The van der Waals surface area contributed by atoms with E-state index in [-0.39, 0.29) is 12.5 Å². The van der Waals surface area contributed by atoms with Crippen LogP contribution in [-0.2, 0) is 5.60 Å². The SMILES string of the molecule is Cc1ccc2cc(C(=O)N3CCC(O)(c4cn[nH]n4)C3)[nH]c2c1. The molecule has 3 aromatic rings. The van der Waals surface area contributed by atoms with Crippen LogP contribution in [0.25, 0.3) is 10.9 Å². The van der Waals surface area contributed by atoms with Gasteiger partial charge in [0.05, 0.1) is 12.7 Å². The number of nitrogens with zero attached hydrogens (tertiary/aromatic N) is 3. The van der Waals surface area contributed by atoms with Gasteiger partial charge in [0.25, 0.3) is 5.91 Å². The first kappa shape index (κ1) is 14.0. The second-order valence-corrected chi connectivity index (χ2v) is 6.14. The molecule has 1 saturated heterocycles. The Bertz CT molecular complexity index is 870. The fraction of sp³-hybridized carbons (Fsp3) is 0.312. The van der Waals surface area contributed by atoms with Crippen LogP contribution in [0.1, 0.15) is 28.2 Å². The Balaban J connectivity index is 1.59. The Hall–Kier alpha value is -2.67. The minimum absolute atomic E-state index is 0.113. The molecule has 0 saturated carbocycles. The number of nitrogens with one attached hydrogen (secondary N) is 2. The van der Waals surface area contributed by atoms with Crippen LogP contribution in [-0.4, -0.2) is 49.4 Å². The Morgan fingerprint density at radius 2 is 2.26 bits per heavy atom. The monoisotopic (exact) mass is 311 g/mol. The maximum atomic E-state index is 12.7. The van der Waals surface area contributed by atoms with Gasteiger partial charge in [0.2, 0.25) is 0 Å². The van der Waals surface area contributed by atoms with E-state index in [4.69, 9.17) is 0 Å². The largest absolute Gasteiger partial charge is 0.381 e. The number of hydrogen-bond acceptors (Lipinski definition) is 4. The summed E-state index contributed by atoms with van der Waals surface area (Å²) in [6.07, 6.45) is 1.95. The van der Waals surface area contributed by atoms with Crippen molar-refractivity contribution in [2.45, 2.75) is 18.9 Å². The molecule has 0 bridgehead atoms. The van der Waals surface area contributed by atoms with Gasteiger partial charge in [-0.25, -0.2) is 0 Å². The van der Waals surface area contributed by atoms with Crippen molar-refractivity contribution in [1.29, 1.82) is 0 Å². The fourth-order valence-corrected chi connectivity index (χ4v) is 3.13. The lowest BCUT2D eigenvalue weighted by molar-refractivity contribution is 0.0381. The molecule has 1 aliphatic heterocycles. The van der Waals surface area contributed by atoms with Gasteiger partial charge in [0.1, 0.15) is 17.0 Å². The number of aliphatic hydroxyl groups is 1. The average Bonchev–Trinajstić information content (AvgIpc) is 3.25. The van der Waals surface area contributed by atoms with Crippen LogP contribution in [0.5, 0.6) is 0 Å². The van der Waals surface area contributed by atoms with Gasteiger partial charge < -0.3 is 15.0 Å². The molecular formula is C16H17N5O2. The predicted molar refractivity (Wildman–Crippen MR) is 83.8 cm³/mol. The molecule has 0 spiro atoms. The number of carbonyl (C=O) groups excluding carboxylic acids is 1. The summed E-state index contributed by atoms with van der Waals surface area (Å²) in [5.41, 5.74) is 1.96. The summed E-state index contributed by atoms with van der Waals surface area (Å²) in [7, 11) is 0. The highest BCUT2D eigenvalue weighted by molar-refractivity contribution is 5.98. The van der Waals surface area contributed by atoms with Crippen molar-refractivity contribution in [2.24, 2.45) is 0 Å². The number of carbonyl (C=O) groups is 1. The molecule has 4 rings (SSSR count). The zero-order valence-corrected chi connectivity index (χ0v) is 12.7. The van der Waals surface area contributed by atoms with Gasteiger partial charge >= 0.3 is 0 Å². The maximum Gasteiger partial charge on any atom is 0.270 e. The van der Waals surface area contributed by atoms with Crippen LogP contribution in [0.3, 0.4) is 0 Å². The first-order chi connectivity index (χ1) is 11.0. The standard InChI is InChI=1S/C16H17N5O2/c1-10-2-3-11-7-13(18-12(11)6-10)15(22)21-5-4-16(23,9-21)14-8-17-20-19-14/h2-3,6-8,18,23H,4-5,9H2,1H3,(H,17,19,20). The summed E-state index contributed by atoms with van der Waals surface area (Å²) in [6.45, 7) is 2.71. The van der Waals surface area contributed by atoms with Gasteiger partial charge in [-0.2, -0.15) is 15.4 Å². The maximum absolute atomic E-state index is 12.7. The van der Waals surface area contributed by atoms with Crippen molar-refractivity contribution in [3.63, 3.8) is 0 Å². The summed E-state index contributed by atoms with van der Waals surface area (Å²) in [5, 5.41) is 21.9. The van der Waals surface area contributed by atoms with Gasteiger partial charge in [0, 0.05) is 23.9 Å². The Morgan fingerprint density at radius 1 is 1.39 bits per heavy atom. The number of hydrogen-bond donors (Lipinski definition) is 3. The van der Waals surface area contributed by atoms with Crippen LogP contribution in [0, 0.1) is 6.92 Å². The smallest absolute Gasteiger partial charge is 0.270 e. The van der Waals surface area contributed by atoms with E-state index in [0.717, 1.165) is 16.5 Å². The van der Waals surface area contributed by atoms with Crippen LogP contribution in [0.4, 0.5) is 0 Å². The van der Waals surface area contributed by atoms with Crippen LogP contribution in [0.2, 0.25) is 0 Å². The quantitative estimate of drug-likeness (QED) is 0.665. The lowest BCUT2D eigenvalue weighted by atomic mass is 10.00. The van der Waals surface area contributed by atoms with Gasteiger partial charge in [-0.1, -0.05) is 12.1 Å². The number of β-amino-alcohol motifs (C(OH)–C–C–N with tert-alkyl or cyclic N) is 1. The van der Waals surface area contributed by atoms with E-state index < -0.39 is 5.60 Å². The van der Waals surface area contributed by atoms with E-state index in [1.54, 1.807) is 4.90 Å². The third-order valence-corrected chi connectivity index (χ3v) is 4.44. The second-order valence-electron chi connectivity index (χ2n) is 6.14. The van der Waals surface area contributed by atoms with Crippen LogP contribution in [0.15, 0.2) is 30.5 Å². The van der Waals surface area contributed by atoms with Crippen LogP contribution >= 0.6 is 0 Å². The number of benzene rings is 1. The minimum Gasteiger partial charge on any atom is -0.381 e. The van der Waals surface area contributed by atoms with Crippen molar-refractivity contribution >= 4 is 16.8 Å². The van der Waals surface area contributed by atoms with Crippen molar-refractivity contribution in [3.05, 3.63) is 47.4 Å². The van der Waals surface area contributed by atoms with E-state index in [1.165, 1.54) is 6.20 Å². The highest BCUT2D eigenvalue weighted by Gasteiger charge is 2.42. The number of aryl methyl sites for hydroxylation is 1. The molecule has 23 heavy (non-hydrogen) atoms. The number of H-pyrrole nitrogens is 2. The van der Waals surface area contributed by atoms with Crippen LogP contribution < -0.4 is 0 Å². The Morgan fingerprint density at radius 3 is 3.04 bits per heavy atom. The molecule has 1 aliphatic rings. The minimum atomic E-state index is -1.13. The van der Waals surface area contributed by atoms with E-state index >= 15 is 0 Å². The van der Waals surface area contributed by atoms with Crippen molar-refractivity contribution < 1.29 is 9.90 Å². The number of likely N-dealkylation sites (tertiary alicyclic amines) is 1. The van der Waals surface area contributed by atoms with E-state index in [2.05, 4.69) is 20.4 Å². The molecule has 1 aromatic carbocycles. The molecular weight excluding hydrogens is 294 g/mol. The molecule has 0 aliphatic carbocycles. The van der Waals surface area contributed by atoms with Gasteiger partial charge in [-0.05, 0) is 24.6 Å². The van der Waals surface area contributed by atoms with Crippen molar-refractivity contribution in [2.75, 3.05) is 13.1 Å². The highest BCUT2D eigenvalue weighted by Crippen LogP contribution is 2.31. The molecule has 7 heteroatoms. The van der Waals surface area contributed by atoms with Crippen molar-refractivity contribution in [3.8, 4) is 0 Å². The molecule has 7 nitrogen and oxygen atoms in total. The third-order valence-electron chi connectivity index (χ3n) is 4.44. The molecule has 3 heterocycles. The van der Waals surface area contributed by atoms with E-state index in [0.29, 0.717) is 24.4 Å². The summed E-state index contributed by atoms with van der Waals surface area (Å²) < 4.78 is 0. The number of aromatic nitrogens is 4. The number of rotatable bonds is 2. The molecule has 1 unspecified atom stereocenters. The second kappa shape index (κ2) is 4.92. The topological polar surface area (TPSA) is 97.9 Å². The zero-order valence-electron chi connectivity index (χ0n) is 12.7. The normalized spacial score (nSPS) is 21.2. The van der Waals surface area contributed by atoms with E-state index in [1.807, 2.05) is 31.2 Å². The fourth-order valence-electron chi connectivity index (χ4n) is 3.13. The molecule has 118 valence electrons. The first-order valence-corrected chi connectivity index (χ1v) is 7.52. The highest BCUT2D eigenvalue weighted by atomic mass is 16.3. The molecule has 1 amide bonds. The summed E-state index contributed by atoms with van der Waals surface area (Å²) in [6, 6.07) is 7.88. The lowest BCUT2D eigenvalue weighted by Crippen LogP contribution is -2.34. The Kier molecular flexibility index (Phi) is 2.99. The van der Waals surface area contributed by atoms with Crippen molar-refractivity contribution in [1.82, 2.24) is 25.3 Å². The summed E-state index contributed by atoms with van der Waals surface area (Å²) >= 11 is 0. The summed E-state index contributed by atoms with van der Waals surface area (Å²) in [5.74, 6) is -0.113. The number of amides is 1. The molecule has 0 radical (unpaired) electrons. The molecule has 2 aromatic heterocycles. The average molecular weight is 311 g/mol. The number of fused-ring (bicyclic) bond motifs is 1. The molecule has 1 atom stereocenters. The summed E-state index contributed by atoms with van der Waals surface area (Å²) in [4.78, 5) is 17.5. The van der Waals surface area contributed by atoms with Gasteiger partial charge in [-0.15, -0.1) is 0 Å². The van der Waals surface area contributed by atoms with Gasteiger partial charge in [0.15, 0.2) is 0 Å². The Labute approximate surface area is 132 Å². The zero-order chi connectivity index (χ0) is 16.0. The first-order valence-electron chi connectivity index (χ1n) is 7.52. The predicted octanol–water partition coefficient (Wildman–Crippen LogP) is 1.33. The van der Waals surface area contributed by atoms with E-state index in [9.17, 15) is 9.90 Å².